The molecule has 4 nitrogen and oxygen atoms in total. The molecule has 1 aromatic heterocycles. The van der Waals surface area contributed by atoms with Gasteiger partial charge in [-0.2, -0.15) is 15.0 Å². The van der Waals surface area contributed by atoms with Gasteiger partial charge in [-0.25, -0.2) is 0 Å². The molecular formula is C17H24N4. The molecule has 1 aromatic carbocycles. The van der Waals surface area contributed by atoms with Crippen LogP contribution < -0.4 is 5.32 Å². The minimum atomic E-state index is 0.311. The minimum Gasteiger partial charge on any atom is -0.312 e. The third kappa shape index (κ3) is 3.50. The summed E-state index contributed by atoms with van der Waals surface area (Å²) in [6.45, 7) is 0. The zero-order chi connectivity index (χ0) is 14.5. The molecule has 1 aliphatic carbocycles. The zero-order valence-electron chi connectivity index (χ0n) is 12.7. The standard InChI is InChI=1S/C17H24N4/c1-18-16(12-14-8-4-2-5-9-14)17-13-19-21(20-17)15-10-6-3-7-11-15/h3,6-7,10-11,13-14,16,18H,2,4-5,8-9,12H2,1H3. The van der Waals surface area contributed by atoms with Crippen LogP contribution in [0.3, 0.4) is 0 Å². The molecule has 1 saturated carbocycles. The van der Waals surface area contributed by atoms with Crippen LogP contribution in [0, 0.1) is 5.92 Å². The van der Waals surface area contributed by atoms with Gasteiger partial charge in [-0.3, -0.25) is 0 Å². The van der Waals surface area contributed by atoms with Gasteiger partial charge in [-0.05, 0) is 31.5 Å². The second-order valence-corrected chi connectivity index (χ2v) is 5.98. The lowest BCUT2D eigenvalue weighted by Crippen LogP contribution is -2.21. The summed E-state index contributed by atoms with van der Waals surface area (Å²) in [5, 5.41) is 12.5. The molecule has 0 bridgehead atoms. The number of benzene rings is 1. The number of para-hydroxylation sites is 1. The molecule has 0 amide bonds. The Morgan fingerprint density at radius 2 is 1.95 bits per heavy atom. The van der Waals surface area contributed by atoms with Crippen molar-refractivity contribution in [3.63, 3.8) is 0 Å². The van der Waals surface area contributed by atoms with E-state index in [2.05, 4.69) is 15.5 Å². The van der Waals surface area contributed by atoms with Gasteiger partial charge in [-0.1, -0.05) is 50.3 Å². The summed E-state index contributed by atoms with van der Waals surface area (Å²) in [5.41, 5.74) is 2.06. The predicted molar refractivity (Wildman–Crippen MR) is 84.4 cm³/mol. The summed E-state index contributed by atoms with van der Waals surface area (Å²) in [5.74, 6) is 0.832. The van der Waals surface area contributed by atoms with Crippen LogP contribution in [0.5, 0.6) is 0 Å². The Morgan fingerprint density at radius 3 is 2.67 bits per heavy atom. The number of aromatic nitrogens is 3. The highest BCUT2D eigenvalue weighted by Crippen LogP contribution is 2.31. The molecule has 1 fully saturated rings. The van der Waals surface area contributed by atoms with E-state index >= 15 is 0 Å². The highest BCUT2D eigenvalue weighted by Gasteiger charge is 2.21. The molecule has 2 aromatic rings. The van der Waals surface area contributed by atoms with Crippen LogP contribution in [-0.2, 0) is 0 Å². The van der Waals surface area contributed by atoms with Crippen molar-refractivity contribution in [3.05, 3.63) is 42.2 Å². The smallest absolute Gasteiger partial charge is 0.100 e. The molecule has 1 heterocycles. The average Bonchev–Trinajstić information content (AvgIpc) is 3.04. The number of nitrogens with one attached hydrogen (secondary N) is 1. The van der Waals surface area contributed by atoms with Crippen molar-refractivity contribution >= 4 is 0 Å². The lowest BCUT2D eigenvalue weighted by Gasteiger charge is -2.25. The topological polar surface area (TPSA) is 42.7 Å². The molecule has 3 rings (SSSR count). The Morgan fingerprint density at radius 1 is 1.19 bits per heavy atom. The Labute approximate surface area is 126 Å². The lowest BCUT2D eigenvalue weighted by atomic mass is 9.84. The summed E-state index contributed by atoms with van der Waals surface area (Å²) < 4.78 is 0. The number of hydrogen-bond acceptors (Lipinski definition) is 3. The zero-order valence-corrected chi connectivity index (χ0v) is 12.7. The fourth-order valence-electron chi connectivity index (χ4n) is 3.26. The Balaban J connectivity index is 1.71. The van der Waals surface area contributed by atoms with Gasteiger partial charge in [0.1, 0.15) is 5.69 Å². The largest absolute Gasteiger partial charge is 0.312 e. The van der Waals surface area contributed by atoms with Crippen molar-refractivity contribution in [1.29, 1.82) is 0 Å². The Bertz CT molecular complexity index is 543. The summed E-state index contributed by atoms with van der Waals surface area (Å²) in [6.07, 6.45) is 9.98. The van der Waals surface area contributed by atoms with E-state index in [4.69, 9.17) is 0 Å². The fraction of sp³-hybridized carbons (Fsp3) is 0.529. The number of rotatable bonds is 5. The third-order valence-corrected chi connectivity index (χ3v) is 4.50. The van der Waals surface area contributed by atoms with E-state index in [9.17, 15) is 0 Å². The van der Waals surface area contributed by atoms with E-state index in [1.807, 2.05) is 43.6 Å². The minimum absolute atomic E-state index is 0.311. The summed E-state index contributed by atoms with van der Waals surface area (Å²) in [6, 6.07) is 10.4. The first kappa shape index (κ1) is 14.3. The average molecular weight is 284 g/mol. The molecule has 0 saturated heterocycles. The summed E-state index contributed by atoms with van der Waals surface area (Å²) >= 11 is 0. The molecule has 0 radical (unpaired) electrons. The first-order chi connectivity index (χ1) is 10.4. The van der Waals surface area contributed by atoms with Crippen molar-refractivity contribution in [1.82, 2.24) is 20.3 Å². The van der Waals surface area contributed by atoms with E-state index in [1.165, 1.54) is 38.5 Å². The van der Waals surface area contributed by atoms with Gasteiger partial charge in [0, 0.05) is 0 Å². The van der Waals surface area contributed by atoms with Crippen LogP contribution in [-0.4, -0.2) is 22.0 Å². The van der Waals surface area contributed by atoms with Gasteiger partial charge in [0.05, 0.1) is 17.9 Å². The van der Waals surface area contributed by atoms with Crippen LogP contribution in [0.4, 0.5) is 0 Å². The van der Waals surface area contributed by atoms with Gasteiger partial charge in [-0.15, -0.1) is 0 Å². The third-order valence-electron chi connectivity index (χ3n) is 4.50. The maximum absolute atomic E-state index is 4.66. The maximum Gasteiger partial charge on any atom is 0.100 e. The molecule has 21 heavy (non-hydrogen) atoms. The Kier molecular flexibility index (Phi) is 4.65. The molecule has 1 N–H and O–H groups in total. The second-order valence-electron chi connectivity index (χ2n) is 5.98. The van der Waals surface area contributed by atoms with Crippen molar-refractivity contribution in [3.8, 4) is 5.69 Å². The van der Waals surface area contributed by atoms with Gasteiger partial charge >= 0.3 is 0 Å². The normalized spacial score (nSPS) is 17.8. The molecule has 1 unspecified atom stereocenters. The van der Waals surface area contributed by atoms with E-state index in [-0.39, 0.29) is 0 Å². The first-order valence-corrected chi connectivity index (χ1v) is 8.02. The summed E-state index contributed by atoms with van der Waals surface area (Å²) in [4.78, 5) is 1.72. The van der Waals surface area contributed by atoms with E-state index in [0.29, 0.717) is 6.04 Å². The van der Waals surface area contributed by atoms with Gasteiger partial charge in [0.15, 0.2) is 0 Å². The highest BCUT2D eigenvalue weighted by atomic mass is 15.5. The SMILES string of the molecule is CNC(CC1CCCCC1)c1cnn(-c2ccccc2)n1. The molecule has 112 valence electrons. The monoisotopic (exact) mass is 284 g/mol. The molecule has 0 aliphatic heterocycles. The molecule has 4 heteroatoms. The van der Waals surface area contributed by atoms with Crippen LogP contribution in [0.25, 0.3) is 5.69 Å². The van der Waals surface area contributed by atoms with Crippen LogP contribution in [0.1, 0.15) is 50.3 Å². The lowest BCUT2D eigenvalue weighted by molar-refractivity contribution is 0.303. The van der Waals surface area contributed by atoms with E-state index in [1.54, 1.807) is 4.80 Å². The quantitative estimate of drug-likeness (QED) is 0.914. The van der Waals surface area contributed by atoms with E-state index < -0.39 is 0 Å². The fourth-order valence-corrected chi connectivity index (χ4v) is 3.26. The first-order valence-electron chi connectivity index (χ1n) is 8.02. The number of nitrogens with zero attached hydrogens (tertiary/aromatic N) is 3. The highest BCUT2D eigenvalue weighted by molar-refractivity contribution is 5.28. The van der Waals surface area contributed by atoms with Crippen LogP contribution >= 0.6 is 0 Å². The van der Waals surface area contributed by atoms with Crippen molar-refractivity contribution in [2.24, 2.45) is 5.92 Å². The number of hydrogen-bond donors (Lipinski definition) is 1. The van der Waals surface area contributed by atoms with Crippen molar-refractivity contribution < 1.29 is 0 Å². The summed E-state index contributed by atoms with van der Waals surface area (Å²) in [7, 11) is 2.02. The van der Waals surface area contributed by atoms with Gasteiger partial charge in [0.2, 0.25) is 0 Å². The maximum atomic E-state index is 4.66. The van der Waals surface area contributed by atoms with Crippen molar-refractivity contribution in [2.75, 3.05) is 7.05 Å². The molecule has 1 aliphatic rings. The second kappa shape index (κ2) is 6.85. The van der Waals surface area contributed by atoms with E-state index in [0.717, 1.165) is 17.3 Å². The molecule has 0 spiro atoms. The van der Waals surface area contributed by atoms with Crippen LogP contribution in [0.2, 0.25) is 0 Å². The Hall–Kier alpha value is -1.68. The molecule has 1 atom stereocenters. The predicted octanol–water partition coefficient (Wildman–Crippen LogP) is 3.50. The van der Waals surface area contributed by atoms with Crippen LogP contribution in [0.15, 0.2) is 36.5 Å². The molecular weight excluding hydrogens is 260 g/mol. The van der Waals surface area contributed by atoms with Gasteiger partial charge < -0.3 is 5.32 Å². The van der Waals surface area contributed by atoms with Crippen molar-refractivity contribution in [2.45, 2.75) is 44.6 Å². The van der Waals surface area contributed by atoms with Gasteiger partial charge in [0.25, 0.3) is 0 Å².